The first-order chi connectivity index (χ1) is 14.6. The van der Waals surface area contributed by atoms with Crippen LogP contribution in [0.2, 0.25) is 0 Å². The molecule has 2 aliphatic heterocycles. The smallest absolute Gasteiger partial charge is 0.140 e. The van der Waals surface area contributed by atoms with Gasteiger partial charge in [0.05, 0.1) is 10.6 Å². The van der Waals surface area contributed by atoms with Crippen LogP contribution in [-0.2, 0) is 5.60 Å². The molecule has 0 bridgehead atoms. The van der Waals surface area contributed by atoms with Crippen LogP contribution in [0.4, 0.5) is 0 Å². The van der Waals surface area contributed by atoms with Gasteiger partial charge in [-0.05, 0) is 50.1 Å². The lowest BCUT2D eigenvalue weighted by molar-refractivity contribution is 0.0578. The maximum atomic E-state index is 12.6. The quantitative estimate of drug-likeness (QED) is 0.584. The molecule has 2 aromatic rings. The molecule has 0 radical (unpaired) electrons. The Balaban J connectivity index is 1.74. The molecule has 5 heteroatoms. The molecule has 0 saturated carbocycles. The summed E-state index contributed by atoms with van der Waals surface area (Å²) in [6.45, 7) is 3.96. The average Bonchev–Trinajstić information content (AvgIpc) is 2.79. The monoisotopic (exact) mass is 455 g/mol. The van der Waals surface area contributed by atoms with Gasteiger partial charge >= 0.3 is 0 Å². The Kier molecular flexibility index (Phi) is 7.12. The zero-order chi connectivity index (χ0) is 21.0. The van der Waals surface area contributed by atoms with E-state index in [0.717, 1.165) is 48.6 Å². The predicted octanol–water partition coefficient (Wildman–Crippen LogP) is 5.69. The van der Waals surface area contributed by atoms with Crippen LogP contribution in [0.25, 0.3) is 0 Å². The van der Waals surface area contributed by atoms with Crippen molar-refractivity contribution in [1.82, 2.24) is 4.90 Å². The summed E-state index contributed by atoms with van der Waals surface area (Å²) in [6, 6.07) is 16.8. The maximum absolute atomic E-state index is 12.6. The highest BCUT2D eigenvalue weighted by molar-refractivity contribution is 8.18. The van der Waals surface area contributed by atoms with Gasteiger partial charge in [0.1, 0.15) is 5.60 Å². The Morgan fingerprint density at radius 2 is 1.57 bits per heavy atom. The van der Waals surface area contributed by atoms with E-state index in [1.807, 2.05) is 23.5 Å². The lowest BCUT2D eigenvalue weighted by atomic mass is 9.80. The summed E-state index contributed by atoms with van der Waals surface area (Å²) in [4.78, 5) is 4.55. The second kappa shape index (κ2) is 9.63. The Labute approximate surface area is 193 Å². The Hall–Kier alpha value is -1.03. The molecule has 1 N–H and O–H groups in total. The van der Waals surface area contributed by atoms with Crippen LogP contribution in [-0.4, -0.2) is 45.7 Å². The summed E-state index contributed by atoms with van der Waals surface area (Å²) in [5.74, 6) is 8.87. The molecule has 158 valence electrons. The van der Waals surface area contributed by atoms with Gasteiger partial charge in [-0.25, -0.2) is 0 Å². The largest absolute Gasteiger partial charge is 0.378 e. The summed E-state index contributed by atoms with van der Waals surface area (Å²) < 4.78 is -0.330. The van der Waals surface area contributed by atoms with Crippen LogP contribution in [0, 0.1) is 11.8 Å². The van der Waals surface area contributed by atoms with Gasteiger partial charge < -0.3 is 5.11 Å². The van der Waals surface area contributed by atoms with Gasteiger partial charge in [-0.1, -0.05) is 61.0 Å². The van der Waals surface area contributed by atoms with Crippen molar-refractivity contribution in [3.63, 3.8) is 0 Å². The number of benzene rings is 2. The summed E-state index contributed by atoms with van der Waals surface area (Å²) in [5.41, 5.74) is 1.08. The highest BCUT2D eigenvalue weighted by Crippen LogP contribution is 2.62. The fraction of sp³-hybridized carbons (Fsp3) is 0.440. The Morgan fingerprint density at radius 1 is 0.967 bits per heavy atom. The zero-order valence-corrected chi connectivity index (χ0v) is 20.1. The normalized spacial score (nSPS) is 18.8. The van der Waals surface area contributed by atoms with Crippen molar-refractivity contribution in [2.75, 3.05) is 31.6 Å². The van der Waals surface area contributed by atoms with Crippen LogP contribution >= 0.6 is 35.3 Å². The molecule has 2 nitrogen and oxygen atoms in total. The van der Waals surface area contributed by atoms with Gasteiger partial charge in [-0.2, -0.15) is 0 Å². The first kappa shape index (κ1) is 22.2. The topological polar surface area (TPSA) is 23.5 Å². The molecule has 0 amide bonds. The van der Waals surface area contributed by atoms with Gasteiger partial charge in [0.15, 0.2) is 0 Å². The lowest BCUT2D eigenvalue weighted by Gasteiger charge is -2.51. The van der Waals surface area contributed by atoms with E-state index in [4.69, 9.17) is 0 Å². The van der Waals surface area contributed by atoms with E-state index in [2.05, 4.69) is 79.2 Å². The van der Waals surface area contributed by atoms with E-state index in [1.165, 1.54) is 16.2 Å². The SMILES string of the molecule is CCN(C)CC#CCCC1(C2(O)c3ccccc3Sc3ccccc32)SCCCS1. The molecule has 1 saturated heterocycles. The van der Waals surface area contributed by atoms with Gasteiger partial charge in [-0.3, -0.25) is 4.90 Å². The van der Waals surface area contributed by atoms with Crippen molar-refractivity contribution in [1.29, 1.82) is 0 Å². The van der Waals surface area contributed by atoms with Gasteiger partial charge in [0, 0.05) is 27.3 Å². The van der Waals surface area contributed by atoms with Crippen molar-refractivity contribution >= 4 is 35.3 Å². The minimum Gasteiger partial charge on any atom is -0.378 e. The summed E-state index contributed by atoms with van der Waals surface area (Å²) >= 11 is 5.65. The number of hydrogen-bond donors (Lipinski definition) is 1. The van der Waals surface area contributed by atoms with Crippen LogP contribution in [0.1, 0.15) is 37.3 Å². The van der Waals surface area contributed by atoms with E-state index >= 15 is 0 Å². The van der Waals surface area contributed by atoms with Crippen molar-refractivity contribution < 1.29 is 5.11 Å². The van der Waals surface area contributed by atoms with Gasteiger partial charge in [0.2, 0.25) is 0 Å². The molecule has 2 aliphatic rings. The third-order valence-corrected chi connectivity index (χ3v) is 10.7. The summed E-state index contributed by atoms with van der Waals surface area (Å²) in [5, 5.41) is 12.6. The lowest BCUT2D eigenvalue weighted by Crippen LogP contribution is -2.51. The van der Waals surface area contributed by atoms with Crippen molar-refractivity contribution in [2.45, 2.75) is 45.7 Å². The number of aliphatic hydroxyl groups is 1. The maximum Gasteiger partial charge on any atom is 0.140 e. The third-order valence-electron chi connectivity index (χ3n) is 5.88. The third kappa shape index (κ3) is 4.06. The molecule has 4 rings (SSSR count). The van der Waals surface area contributed by atoms with Crippen molar-refractivity contribution in [2.24, 2.45) is 0 Å². The molecule has 2 heterocycles. The molecular formula is C25H29NOS3. The molecule has 1 fully saturated rings. The second-order valence-electron chi connectivity index (χ2n) is 7.79. The fourth-order valence-electron chi connectivity index (χ4n) is 4.11. The predicted molar refractivity (Wildman–Crippen MR) is 132 cm³/mol. The van der Waals surface area contributed by atoms with E-state index in [-0.39, 0.29) is 4.08 Å². The Bertz CT molecular complexity index is 897. The number of hydrogen-bond acceptors (Lipinski definition) is 5. The molecule has 0 aromatic heterocycles. The van der Waals surface area contributed by atoms with Gasteiger partial charge in [0.25, 0.3) is 0 Å². The van der Waals surface area contributed by atoms with E-state index in [1.54, 1.807) is 11.8 Å². The van der Waals surface area contributed by atoms with Crippen LogP contribution in [0.3, 0.4) is 0 Å². The molecule has 30 heavy (non-hydrogen) atoms. The van der Waals surface area contributed by atoms with E-state index in [0.29, 0.717) is 0 Å². The summed E-state index contributed by atoms with van der Waals surface area (Å²) in [6.07, 6.45) is 2.87. The fourth-order valence-corrected chi connectivity index (χ4v) is 8.89. The standard InChI is InChI=1S/C25H29NOS3/c1-3-26(2)17-10-4-9-16-24(28-18-11-19-29-24)25(27)20-12-5-7-14-22(20)30-23-15-8-6-13-21(23)25/h5-8,12-15,27H,3,9,11,16-19H2,1-2H3. The number of rotatable bonds is 5. The minimum absolute atomic E-state index is 0.330. The van der Waals surface area contributed by atoms with Gasteiger partial charge in [-0.15, -0.1) is 29.4 Å². The molecule has 0 unspecified atom stereocenters. The molecule has 2 aromatic carbocycles. The highest BCUT2D eigenvalue weighted by atomic mass is 32.2. The molecule has 0 spiro atoms. The van der Waals surface area contributed by atoms with Crippen LogP contribution in [0.15, 0.2) is 58.3 Å². The highest BCUT2D eigenvalue weighted by Gasteiger charge is 2.56. The van der Waals surface area contributed by atoms with Crippen molar-refractivity contribution in [3.05, 3.63) is 59.7 Å². The number of fused-ring (bicyclic) bond motifs is 2. The molecular weight excluding hydrogens is 426 g/mol. The number of nitrogens with zero attached hydrogens (tertiary/aromatic N) is 1. The first-order valence-electron chi connectivity index (χ1n) is 10.6. The van der Waals surface area contributed by atoms with Crippen molar-refractivity contribution in [3.8, 4) is 11.8 Å². The minimum atomic E-state index is -1.02. The molecule has 0 atom stereocenters. The van der Waals surface area contributed by atoms with E-state index < -0.39 is 5.60 Å². The Morgan fingerprint density at radius 3 is 2.17 bits per heavy atom. The van der Waals surface area contributed by atoms with Crippen LogP contribution in [0.5, 0.6) is 0 Å². The van der Waals surface area contributed by atoms with Crippen LogP contribution < -0.4 is 0 Å². The first-order valence-corrected chi connectivity index (χ1v) is 13.4. The summed E-state index contributed by atoms with van der Waals surface area (Å²) in [7, 11) is 2.10. The average molecular weight is 456 g/mol. The molecule has 0 aliphatic carbocycles. The number of thioether (sulfide) groups is 2. The second-order valence-corrected chi connectivity index (χ2v) is 11.9. The van der Waals surface area contributed by atoms with E-state index in [9.17, 15) is 5.11 Å². The zero-order valence-electron chi connectivity index (χ0n) is 17.7.